The summed E-state index contributed by atoms with van der Waals surface area (Å²) in [5.41, 5.74) is 2.80. The van der Waals surface area contributed by atoms with Crippen LogP contribution in [-0.2, 0) is 26.2 Å². The number of nitrogens with zero attached hydrogens (tertiary/aromatic N) is 3. The van der Waals surface area contributed by atoms with Gasteiger partial charge in [0.05, 0.1) is 33.2 Å². The second kappa shape index (κ2) is 8.90. The third kappa shape index (κ3) is 4.71. The van der Waals surface area contributed by atoms with Gasteiger partial charge >= 0.3 is 5.97 Å². The molecule has 0 N–H and O–H groups in total. The van der Waals surface area contributed by atoms with Crippen molar-refractivity contribution in [1.29, 1.82) is 0 Å². The van der Waals surface area contributed by atoms with Crippen LogP contribution in [0.15, 0.2) is 53.4 Å². The molecule has 0 saturated carbocycles. The summed E-state index contributed by atoms with van der Waals surface area (Å²) >= 11 is 5.86. The molecule has 1 aliphatic heterocycles. The molecule has 1 saturated heterocycles. The van der Waals surface area contributed by atoms with Crippen molar-refractivity contribution < 1.29 is 17.9 Å². The number of ether oxygens (including phenoxy) is 1. The third-order valence-corrected chi connectivity index (χ3v) is 7.49. The molecule has 1 atom stereocenters. The first-order chi connectivity index (χ1) is 14.8. The van der Waals surface area contributed by atoms with E-state index in [0.29, 0.717) is 35.8 Å². The molecule has 1 aliphatic rings. The number of carbonyl (C=O) groups is 1. The van der Waals surface area contributed by atoms with Crippen LogP contribution >= 0.6 is 11.6 Å². The molecule has 0 radical (unpaired) electrons. The summed E-state index contributed by atoms with van der Waals surface area (Å²) in [7, 11) is -3.70. The van der Waals surface area contributed by atoms with Gasteiger partial charge in [0.2, 0.25) is 10.0 Å². The fraction of sp³-hybridized carbons (Fsp3) is 0.318. The number of rotatable bonds is 5. The van der Waals surface area contributed by atoms with Gasteiger partial charge in [-0.2, -0.15) is 4.31 Å². The van der Waals surface area contributed by atoms with Crippen molar-refractivity contribution in [2.24, 2.45) is 5.92 Å². The van der Waals surface area contributed by atoms with E-state index in [4.69, 9.17) is 16.3 Å². The maximum absolute atomic E-state index is 12.9. The molecule has 7 nitrogen and oxygen atoms in total. The number of benzene rings is 2. The standard InChI is InChI=1S/C22H22ClN3O4S/c1-15-21(25-20-7-3-2-6-19(20)24-15)14-30-22(27)16-5-4-12-26(13-16)31(28,29)18-10-8-17(23)9-11-18/h2-3,6-11,16H,4-5,12-14H2,1H3. The number of carbonyl (C=O) groups excluding carboxylic acids is 1. The van der Waals surface area contributed by atoms with Crippen LogP contribution in [0.3, 0.4) is 0 Å². The lowest BCUT2D eigenvalue weighted by Crippen LogP contribution is -2.42. The molecule has 1 unspecified atom stereocenters. The van der Waals surface area contributed by atoms with Crippen molar-refractivity contribution >= 4 is 38.6 Å². The second-order valence-electron chi connectivity index (χ2n) is 7.51. The molecule has 0 bridgehead atoms. The van der Waals surface area contributed by atoms with Gasteiger partial charge in [0.25, 0.3) is 0 Å². The van der Waals surface area contributed by atoms with Crippen LogP contribution in [0, 0.1) is 12.8 Å². The smallest absolute Gasteiger partial charge is 0.310 e. The minimum absolute atomic E-state index is 0.00291. The Bertz CT molecular complexity index is 1220. The zero-order valence-electron chi connectivity index (χ0n) is 17.0. The van der Waals surface area contributed by atoms with Crippen LogP contribution in [-0.4, -0.2) is 41.7 Å². The van der Waals surface area contributed by atoms with E-state index in [0.717, 1.165) is 11.0 Å². The van der Waals surface area contributed by atoms with Gasteiger partial charge in [-0.25, -0.2) is 18.4 Å². The number of hydrogen-bond donors (Lipinski definition) is 0. The van der Waals surface area contributed by atoms with Crippen LogP contribution in [0.1, 0.15) is 24.2 Å². The average molecular weight is 460 g/mol. The number of piperidine rings is 1. The number of para-hydroxylation sites is 2. The van der Waals surface area contributed by atoms with E-state index in [1.165, 1.54) is 28.6 Å². The maximum Gasteiger partial charge on any atom is 0.310 e. The summed E-state index contributed by atoms with van der Waals surface area (Å²) < 4.78 is 32.7. The van der Waals surface area contributed by atoms with E-state index in [1.54, 1.807) is 0 Å². The van der Waals surface area contributed by atoms with Crippen molar-refractivity contribution in [3.63, 3.8) is 0 Å². The minimum atomic E-state index is -3.70. The van der Waals surface area contributed by atoms with Gasteiger partial charge in [-0.3, -0.25) is 4.79 Å². The highest BCUT2D eigenvalue weighted by Gasteiger charge is 2.34. The molecule has 162 valence electrons. The predicted molar refractivity (Wildman–Crippen MR) is 117 cm³/mol. The highest BCUT2D eigenvalue weighted by Crippen LogP contribution is 2.26. The van der Waals surface area contributed by atoms with Crippen LogP contribution in [0.5, 0.6) is 0 Å². The van der Waals surface area contributed by atoms with E-state index >= 15 is 0 Å². The first-order valence-corrected chi connectivity index (χ1v) is 11.8. The fourth-order valence-electron chi connectivity index (χ4n) is 3.63. The molecule has 0 aliphatic carbocycles. The number of fused-ring (bicyclic) bond motifs is 1. The zero-order chi connectivity index (χ0) is 22.0. The van der Waals surface area contributed by atoms with Gasteiger partial charge in [-0.15, -0.1) is 0 Å². The van der Waals surface area contributed by atoms with E-state index in [9.17, 15) is 13.2 Å². The van der Waals surface area contributed by atoms with Crippen LogP contribution < -0.4 is 0 Å². The monoisotopic (exact) mass is 459 g/mol. The first-order valence-electron chi connectivity index (χ1n) is 9.99. The Labute approximate surface area is 186 Å². The van der Waals surface area contributed by atoms with Gasteiger partial charge in [-0.05, 0) is 56.2 Å². The number of aryl methyl sites for hydroxylation is 1. The fourth-order valence-corrected chi connectivity index (χ4v) is 5.28. The maximum atomic E-state index is 12.9. The molecule has 2 heterocycles. The van der Waals surface area contributed by atoms with E-state index < -0.39 is 21.9 Å². The topological polar surface area (TPSA) is 89.5 Å². The van der Waals surface area contributed by atoms with Crippen molar-refractivity contribution in [2.75, 3.05) is 13.1 Å². The predicted octanol–water partition coefficient (Wildman–Crippen LogP) is 3.74. The SMILES string of the molecule is Cc1nc2ccccc2nc1COC(=O)C1CCCN(S(=O)(=O)c2ccc(Cl)cc2)C1. The van der Waals surface area contributed by atoms with Gasteiger partial charge in [-0.1, -0.05) is 23.7 Å². The lowest BCUT2D eigenvalue weighted by Gasteiger charge is -2.30. The Hall–Kier alpha value is -2.55. The van der Waals surface area contributed by atoms with Crippen LogP contribution in [0.4, 0.5) is 0 Å². The van der Waals surface area contributed by atoms with E-state index in [-0.39, 0.29) is 18.0 Å². The van der Waals surface area contributed by atoms with Gasteiger partial charge < -0.3 is 4.74 Å². The summed E-state index contributed by atoms with van der Waals surface area (Å²) in [4.78, 5) is 21.9. The summed E-state index contributed by atoms with van der Waals surface area (Å²) in [6, 6.07) is 13.5. The Kier molecular flexibility index (Phi) is 6.22. The summed E-state index contributed by atoms with van der Waals surface area (Å²) in [5, 5.41) is 0.464. The van der Waals surface area contributed by atoms with Gasteiger partial charge in [0, 0.05) is 18.1 Å². The molecule has 0 amide bonds. The van der Waals surface area contributed by atoms with Crippen molar-refractivity contribution in [3.8, 4) is 0 Å². The lowest BCUT2D eigenvalue weighted by atomic mass is 10.00. The molecule has 4 rings (SSSR count). The highest BCUT2D eigenvalue weighted by molar-refractivity contribution is 7.89. The molecule has 31 heavy (non-hydrogen) atoms. The van der Waals surface area contributed by atoms with E-state index in [1.807, 2.05) is 31.2 Å². The zero-order valence-corrected chi connectivity index (χ0v) is 18.6. The Morgan fingerprint density at radius 3 is 2.52 bits per heavy atom. The Morgan fingerprint density at radius 2 is 1.81 bits per heavy atom. The summed E-state index contributed by atoms with van der Waals surface area (Å²) in [5.74, 6) is -0.949. The number of hydrogen-bond acceptors (Lipinski definition) is 6. The Morgan fingerprint density at radius 1 is 1.13 bits per heavy atom. The van der Waals surface area contributed by atoms with Crippen molar-refractivity contribution in [2.45, 2.75) is 31.3 Å². The molecule has 2 aromatic carbocycles. The van der Waals surface area contributed by atoms with Gasteiger partial charge in [0.15, 0.2) is 0 Å². The lowest BCUT2D eigenvalue weighted by molar-refractivity contribution is -0.151. The number of esters is 1. The van der Waals surface area contributed by atoms with Crippen molar-refractivity contribution in [3.05, 3.63) is 64.9 Å². The number of aromatic nitrogens is 2. The van der Waals surface area contributed by atoms with Crippen LogP contribution in [0.2, 0.25) is 5.02 Å². The first kappa shape index (κ1) is 21.7. The molecule has 9 heteroatoms. The summed E-state index contributed by atoms with van der Waals surface area (Å²) in [6.07, 6.45) is 1.16. The molecular formula is C22H22ClN3O4S. The quantitative estimate of drug-likeness (QED) is 0.540. The number of halogens is 1. The van der Waals surface area contributed by atoms with Crippen LogP contribution in [0.25, 0.3) is 11.0 Å². The summed E-state index contributed by atoms with van der Waals surface area (Å²) in [6.45, 7) is 2.28. The largest absolute Gasteiger partial charge is 0.459 e. The average Bonchev–Trinajstić information content (AvgIpc) is 2.78. The molecular weight excluding hydrogens is 438 g/mol. The highest BCUT2D eigenvalue weighted by atomic mass is 35.5. The molecule has 1 aromatic heterocycles. The molecule has 0 spiro atoms. The van der Waals surface area contributed by atoms with Gasteiger partial charge in [0.1, 0.15) is 6.61 Å². The minimum Gasteiger partial charge on any atom is -0.459 e. The number of sulfonamides is 1. The van der Waals surface area contributed by atoms with Crippen molar-refractivity contribution in [1.82, 2.24) is 14.3 Å². The third-order valence-electron chi connectivity index (χ3n) is 5.36. The van der Waals surface area contributed by atoms with E-state index in [2.05, 4.69) is 9.97 Å². The molecule has 3 aromatic rings. The second-order valence-corrected chi connectivity index (χ2v) is 9.88. The normalized spacial score (nSPS) is 17.5. The Balaban J connectivity index is 1.43. The molecule has 1 fully saturated rings.